The summed E-state index contributed by atoms with van der Waals surface area (Å²) in [4.78, 5) is 17.4. The number of nitrogens with one attached hydrogen (secondary N) is 1. The number of halogens is 2. The summed E-state index contributed by atoms with van der Waals surface area (Å²) in [5.74, 6) is -0.259. The molecular formula is C28H29Cl2N3O3S. The Hall–Kier alpha value is -2.68. The minimum absolute atomic E-state index is 0.0416. The number of rotatable bonds is 9. The highest BCUT2D eigenvalue weighted by Gasteiger charge is 2.32. The molecule has 1 amide bonds. The van der Waals surface area contributed by atoms with Gasteiger partial charge in [0.1, 0.15) is 10.9 Å². The zero-order chi connectivity index (χ0) is 26.3. The first-order valence-corrected chi connectivity index (χ1v) is 14.3. The molecule has 37 heavy (non-hydrogen) atoms. The molecular weight excluding hydrogens is 529 g/mol. The van der Waals surface area contributed by atoms with Crippen LogP contribution in [0.5, 0.6) is 0 Å². The van der Waals surface area contributed by atoms with E-state index in [9.17, 15) is 13.2 Å². The molecule has 1 unspecified atom stereocenters. The second-order valence-corrected chi connectivity index (χ2v) is 11.4. The van der Waals surface area contributed by atoms with E-state index in [0.717, 1.165) is 17.7 Å². The lowest BCUT2D eigenvalue weighted by atomic mass is 10.1. The number of hydrogen-bond acceptors (Lipinski definition) is 4. The van der Waals surface area contributed by atoms with Crippen LogP contribution in [0.25, 0.3) is 6.08 Å². The Kier molecular flexibility index (Phi) is 9.40. The molecule has 1 aliphatic heterocycles. The van der Waals surface area contributed by atoms with Gasteiger partial charge in [0, 0.05) is 37.7 Å². The highest BCUT2D eigenvalue weighted by Crippen LogP contribution is 2.25. The lowest BCUT2D eigenvalue weighted by molar-refractivity contribution is -0.134. The van der Waals surface area contributed by atoms with Crippen LogP contribution < -0.4 is 4.72 Å². The lowest BCUT2D eigenvalue weighted by Gasteiger charge is -2.36. The summed E-state index contributed by atoms with van der Waals surface area (Å²) >= 11 is 12.2. The second-order valence-electron chi connectivity index (χ2n) is 8.88. The van der Waals surface area contributed by atoms with Crippen LogP contribution in [0, 0.1) is 0 Å². The van der Waals surface area contributed by atoms with Crippen LogP contribution in [-0.4, -0.2) is 62.9 Å². The minimum Gasteiger partial charge on any atom is -0.339 e. The van der Waals surface area contributed by atoms with Gasteiger partial charge in [0.2, 0.25) is 15.9 Å². The van der Waals surface area contributed by atoms with Gasteiger partial charge in [-0.25, -0.2) is 8.42 Å². The van der Waals surface area contributed by atoms with Crippen molar-refractivity contribution in [1.29, 1.82) is 0 Å². The Morgan fingerprint density at radius 2 is 1.57 bits per heavy atom. The molecule has 3 aromatic carbocycles. The van der Waals surface area contributed by atoms with E-state index >= 15 is 0 Å². The summed E-state index contributed by atoms with van der Waals surface area (Å²) in [6.45, 7) is 3.22. The lowest BCUT2D eigenvalue weighted by Crippen LogP contribution is -2.55. The number of nitrogens with zero attached hydrogens (tertiary/aromatic N) is 2. The van der Waals surface area contributed by atoms with E-state index in [1.54, 1.807) is 4.90 Å². The fourth-order valence-corrected chi connectivity index (χ4v) is 6.19. The molecule has 1 fully saturated rings. The molecule has 0 spiro atoms. The number of benzene rings is 3. The highest BCUT2D eigenvalue weighted by atomic mass is 35.5. The van der Waals surface area contributed by atoms with E-state index in [0.29, 0.717) is 26.2 Å². The van der Waals surface area contributed by atoms with Gasteiger partial charge in [-0.2, -0.15) is 4.72 Å². The Labute approximate surface area is 228 Å². The predicted octanol–water partition coefficient (Wildman–Crippen LogP) is 4.74. The van der Waals surface area contributed by atoms with Crippen LogP contribution in [0.3, 0.4) is 0 Å². The van der Waals surface area contributed by atoms with Crippen LogP contribution >= 0.6 is 23.2 Å². The maximum absolute atomic E-state index is 13.6. The molecule has 194 valence electrons. The molecule has 1 aliphatic rings. The predicted molar refractivity (Wildman–Crippen MR) is 149 cm³/mol. The Bertz CT molecular complexity index is 1330. The Morgan fingerprint density at radius 1 is 0.919 bits per heavy atom. The van der Waals surface area contributed by atoms with Gasteiger partial charge in [0.25, 0.3) is 0 Å². The van der Waals surface area contributed by atoms with Crippen molar-refractivity contribution in [2.24, 2.45) is 0 Å². The van der Waals surface area contributed by atoms with Crippen molar-refractivity contribution in [2.45, 2.75) is 17.4 Å². The van der Waals surface area contributed by atoms with Crippen molar-refractivity contribution in [3.05, 3.63) is 106 Å². The number of piperazine rings is 1. The summed E-state index contributed by atoms with van der Waals surface area (Å²) in [6, 6.07) is 22.7. The van der Waals surface area contributed by atoms with E-state index in [1.165, 1.54) is 18.2 Å². The SMILES string of the molecule is O=C(C(Cc1ccccc1)NS(=O)(=O)c1cc(Cl)ccc1Cl)N1CCN(C/C=C/c2ccccc2)CC1. The average molecular weight is 559 g/mol. The number of carbonyl (C=O) groups excluding carboxylic acids is 1. The monoisotopic (exact) mass is 557 g/mol. The molecule has 1 N–H and O–H groups in total. The molecule has 4 rings (SSSR count). The van der Waals surface area contributed by atoms with Crippen molar-refractivity contribution < 1.29 is 13.2 Å². The second kappa shape index (κ2) is 12.7. The summed E-state index contributed by atoms with van der Waals surface area (Å²) in [6.07, 6.45) is 4.42. The summed E-state index contributed by atoms with van der Waals surface area (Å²) in [7, 11) is -4.10. The van der Waals surface area contributed by atoms with Gasteiger partial charge >= 0.3 is 0 Å². The van der Waals surface area contributed by atoms with Gasteiger partial charge in [-0.3, -0.25) is 9.69 Å². The standard InChI is InChI=1S/C28H29Cl2N3O3S/c29-24-13-14-25(30)27(21-24)37(35,36)31-26(20-23-10-5-2-6-11-23)28(34)33-18-16-32(17-19-33)15-7-12-22-8-3-1-4-9-22/h1-14,21,26,31H,15-20H2/b12-7+. The fourth-order valence-electron chi connectivity index (χ4n) is 4.24. The summed E-state index contributed by atoms with van der Waals surface area (Å²) in [5, 5.41) is 0.285. The van der Waals surface area contributed by atoms with Crippen LogP contribution in [0.2, 0.25) is 10.0 Å². The van der Waals surface area contributed by atoms with E-state index in [4.69, 9.17) is 23.2 Å². The fraction of sp³-hybridized carbons (Fsp3) is 0.250. The maximum atomic E-state index is 13.6. The molecule has 0 radical (unpaired) electrons. The zero-order valence-corrected chi connectivity index (χ0v) is 22.6. The molecule has 1 saturated heterocycles. The number of sulfonamides is 1. The molecule has 6 nitrogen and oxygen atoms in total. The summed E-state index contributed by atoms with van der Waals surface area (Å²) in [5.41, 5.74) is 2.00. The van der Waals surface area contributed by atoms with Crippen LogP contribution in [-0.2, 0) is 21.2 Å². The number of hydrogen-bond donors (Lipinski definition) is 1. The van der Waals surface area contributed by atoms with Crippen molar-refractivity contribution in [3.63, 3.8) is 0 Å². The average Bonchev–Trinajstić information content (AvgIpc) is 2.91. The maximum Gasteiger partial charge on any atom is 0.242 e. The largest absolute Gasteiger partial charge is 0.339 e. The Morgan fingerprint density at radius 3 is 2.24 bits per heavy atom. The van der Waals surface area contributed by atoms with E-state index in [1.807, 2.05) is 48.5 Å². The minimum atomic E-state index is -4.10. The smallest absolute Gasteiger partial charge is 0.242 e. The van der Waals surface area contributed by atoms with Gasteiger partial charge in [-0.15, -0.1) is 0 Å². The Balaban J connectivity index is 1.44. The zero-order valence-electron chi connectivity index (χ0n) is 20.3. The summed E-state index contributed by atoms with van der Waals surface area (Å²) < 4.78 is 29.1. The van der Waals surface area contributed by atoms with Crippen LogP contribution in [0.4, 0.5) is 0 Å². The molecule has 0 aliphatic carbocycles. The van der Waals surface area contributed by atoms with Gasteiger partial charge in [-0.05, 0) is 35.7 Å². The molecule has 3 aromatic rings. The number of amides is 1. The quantitative estimate of drug-likeness (QED) is 0.412. The van der Waals surface area contributed by atoms with Crippen LogP contribution in [0.15, 0.2) is 89.8 Å². The molecule has 0 saturated carbocycles. The van der Waals surface area contributed by atoms with Crippen molar-refractivity contribution in [2.75, 3.05) is 32.7 Å². The van der Waals surface area contributed by atoms with Gasteiger partial charge in [0.15, 0.2) is 0 Å². The molecule has 1 heterocycles. The molecule has 9 heteroatoms. The van der Waals surface area contributed by atoms with E-state index < -0.39 is 16.1 Å². The first-order chi connectivity index (χ1) is 17.8. The third-order valence-electron chi connectivity index (χ3n) is 6.22. The molecule has 0 aromatic heterocycles. The van der Waals surface area contributed by atoms with Gasteiger partial charge in [0.05, 0.1) is 5.02 Å². The molecule has 0 bridgehead atoms. The van der Waals surface area contributed by atoms with Crippen molar-refractivity contribution in [3.8, 4) is 0 Å². The van der Waals surface area contributed by atoms with Crippen molar-refractivity contribution >= 4 is 45.2 Å². The topological polar surface area (TPSA) is 69.7 Å². The third kappa shape index (κ3) is 7.66. The van der Waals surface area contributed by atoms with E-state index in [-0.39, 0.29) is 27.3 Å². The van der Waals surface area contributed by atoms with E-state index in [2.05, 4.69) is 33.9 Å². The van der Waals surface area contributed by atoms with Crippen LogP contribution in [0.1, 0.15) is 11.1 Å². The molecule has 1 atom stereocenters. The highest BCUT2D eigenvalue weighted by molar-refractivity contribution is 7.89. The first-order valence-electron chi connectivity index (χ1n) is 12.1. The van der Waals surface area contributed by atoms with Crippen molar-refractivity contribution in [1.82, 2.24) is 14.5 Å². The number of carbonyl (C=O) groups is 1. The third-order valence-corrected chi connectivity index (χ3v) is 8.41. The van der Waals surface area contributed by atoms with Gasteiger partial charge in [-0.1, -0.05) is 96.0 Å². The first kappa shape index (κ1) is 27.4. The normalized spacial score (nSPS) is 15.7. The van der Waals surface area contributed by atoms with Gasteiger partial charge < -0.3 is 4.90 Å².